The van der Waals surface area contributed by atoms with Crippen LogP contribution < -0.4 is 0 Å². The number of carbonyl (C=O) groups excluding carboxylic acids is 1. The van der Waals surface area contributed by atoms with Gasteiger partial charge in [0.05, 0.1) is 14.5 Å². The Balaban J connectivity index is 3.49. The zero-order valence-corrected chi connectivity index (χ0v) is 6.59. The van der Waals surface area contributed by atoms with E-state index in [-0.39, 0.29) is 5.97 Å². The second-order valence-electron chi connectivity index (χ2n) is 2.15. The third-order valence-corrected chi connectivity index (χ3v) is 1.19. The standard InChI is InChI=1S/C7H13BO2/c1-3-5-6(8)7(9)10-4-2/h6H,3-5H2,1-2H3. The molecule has 0 saturated carbocycles. The molecule has 1 atom stereocenters. The molecule has 0 fully saturated rings. The predicted molar refractivity (Wildman–Crippen MR) is 41.0 cm³/mol. The topological polar surface area (TPSA) is 26.3 Å². The summed E-state index contributed by atoms with van der Waals surface area (Å²) in [4.78, 5) is 10.8. The van der Waals surface area contributed by atoms with Gasteiger partial charge in [0.1, 0.15) is 0 Å². The summed E-state index contributed by atoms with van der Waals surface area (Å²) in [5.41, 5.74) is 0. The number of hydrogen-bond acceptors (Lipinski definition) is 2. The minimum atomic E-state index is -0.426. The number of rotatable bonds is 4. The van der Waals surface area contributed by atoms with Gasteiger partial charge in [-0.2, -0.15) is 0 Å². The van der Waals surface area contributed by atoms with E-state index < -0.39 is 5.82 Å². The summed E-state index contributed by atoms with van der Waals surface area (Å²) in [7, 11) is 5.44. The molecule has 0 aromatic rings. The van der Waals surface area contributed by atoms with Gasteiger partial charge in [0, 0.05) is 5.82 Å². The summed E-state index contributed by atoms with van der Waals surface area (Å²) < 4.78 is 4.69. The Hall–Kier alpha value is -0.465. The third-order valence-electron chi connectivity index (χ3n) is 1.19. The molecule has 0 bridgehead atoms. The molecule has 0 saturated heterocycles. The first-order chi connectivity index (χ1) is 4.72. The van der Waals surface area contributed by atoms with Crippen molar-refractivity contribution in [3.63, 3.8) is 0 Å². The van der Waals surface area contributed by atoms with Crippen LogP contribution in [0.4, 0.5) is 0 Å². The molecule has 0 aliphatic heterocycles. The van der Waals surface area contributed by atoms with Gasteiger partial charge in [0.2, 0.25) is 0 Å². The van der Waals surface area contributed by atoms with Crippen LogP contribution >= 0.6 is 0 Å². The first-order valence-electron chi connectivity index (χ1n) is 3.64. The van der Waals surface area contributed by atoms with Crippen LogP contribution in [0, 0.1) is 0 Å². The average molecular weight is 140 g/mol. The van der Waals surface area contributed by atoms with Crippen molar-refractivity contribution in [2.75, 3.05) is 6.61 Å². The zero-order valence-electron chi connectivity index (χ0n) is 6.59. The van der Waals surface area contributed by atoms with E-state index in [0.29, 0.717) is 13.0 Å². The minimum absolute atomic E-state index is 0.288. The quantitative estimate of drug-likeness (QED) is 0.434. The normalized spacial score (nSPS) is 12.6. The van der Waals surface area contributed by atoms with E-state index in [1.54, 1.807) is 6.92 Å². The van der Waals surface area contributed by atoms with Gasteiger partial charge in [-0.1, -0.05) is 13.3 Å². The zero-order chi connectivity index (χ0) is 7.98. The van der Waals surface area contributed by atoms with Crippen LogP contribution in [0.5, 0.6) is 0 Å². The van der Waals surface area contributed by atoms with Gasteiger partial charge >= 0.3 is 0 Å². The van der Waals surface area contributed by atoms with E-state index in [2.05, 4.69) is 0 Å². The molecule has 2 nitrogen and oxygen atoms in total. The molecule has 0 aromatic heterocycles. The highest BCUT2D eigenvalue weighted by atomic mass is 16.5. The smallest absolute Gasteiger partial charge is 0.300 e. The van der Waals surface area contributed by atoms with Crippen molar-refractivity contribution in [3.05, 3.63) is 0 Å². The molecule has 1 unspecified atom stereocenters. The molecule has 56 valence electrons. The first-order valence-corrected chi connectivity index (χ1v) is 3.64. The molecular weight excluding hydrogens is 127 g/mol. The molecule has 3 heteroatoms. The monoisotopic (exact) mass is 140 g/mol. The Kier molecular flexibility index (Phi) is 5.08. The Morgan fingerprint density at radius 2 is 2.20 bits per heavy atom. The molecule has 0 rings (SSSR count). The second-order valence-corrected chi connectivity index (χ2v) is 2.15. The second kappa shape index (κ2) is 5.33. The molecule has 0 heterocycles. The molecular formula is C7H13BO2. The Bertz CT molecular complexity index is 104. The van der Waals surface area contributed by atoms with Gasteiger partial charge in [-0.05, 0) is 13.3 Å². The molecule has 2 radical (unpaired) electrons. The van der Waals surface area contributed by atoms with Crippen molar-refractivity contribution in [2.45, 2.75) is 32.5 Å². The van der Waals surface area contributed by atoms with Gasteiger partial charge in [0.15, 0.2) is 0 Å². The van der Waals surface area contributed by atoms with E-state index in [4.69, 9.17) is 12.6 Å². The fraction of sp³-hybridized carbons (Fsp3) is 0.857. The number of hydrogen-bond donors (Lipinski definition) is 0. The highest BCUT2D eigenvalue weighted by Crippen LogP contribution is 2.09. The van der Waals surface area contributed by atoms with Crippen LogP contribution in [0.25, 0.3) is 0 Å². The van der Waals surface area contributed by atoms with Crippen molar-refractivity contribution in [1.29, 1.82) is 0 Å². The van der Waals surface area contributed by atoms with Crippen LogP contribution in [0.15, 0.2) is 0 Å². The van der Waals surface area contributed by atoms with Crippen LogP contribution in [0.2, 0.25) is 5.82 Å². The van der Waals surface area contributed by atoms with E-state index in [1.165, 1.54) is 0 Å². The molecule has 0 spiro atoms. The lowest BCUT2D eigenvalue weighted by atomic mass is 9.84. The molecule has 0 aromatic carbocycles. The summed E-state index contributed by atoms with van der Waals surface area (Å²) in [5.74, 6) is -0.714. The summed E-state index contributed by atoms with van der Waals surface area (Å²) in [6, 6.07) is 0. The Labute approximate surface area is 63.4 Å². The predicted octanol–water partition coefficient (Wildman–Crippen LogP) is 1.31. The van der Waals surface area contributed by atoms with Crippen molar-refractivity contribution < 1.29 is 9.53 Å². The third kappa shape index (κ3) is 3.54. The Morgan fingerprint density at radius 1 is 1.60 bits per heavy atom. The summed E-state index contributed by atoms with van der Waals surface area (Å²) in [6.45, 7) is 4.17. The van der Waals surface area contributed by atoms with E-state index in [9.17, 15) is 4.79 Å². The summed E-state index contributed by atoms with van der Waals surface area (Å²) in [5, 5.41) is 0. The maximum atomic E-state index is 10.8. The lowest BCUT2D eigenvalue weighted by Gasteiger charge is -2.07. The van der Waals surface area contributed by atoms with Crippen molar-refractivity contribution in [2.24, 2.45) is 0 Å². The largest absolute Gasteiger partial charge is 0.466 e. The molecule has 0 aliphatic rings. The van der Waals surface area contributed by atoms with E-state index in [1.807, 2.05) is 6.92 Å². The van der Waals surface area contributed by atoms with Crippen molar-refractivity contribution in [1.82, 2.24) is 0 Å². The lowest BCUT2D eigenvalue weighted by molar-refractivity contribution is -0.143. The number of carbonyl (C=O) groups is 1. The lowest BCUT2D eigenvalue weighted by Crippen LogP contribution is -2.12. The van der Waals surface area contributed by atoms with Gasteiger partial charge in [-0.15, -0.1) is 0 Å². The first kappa shape index (κ1) is 9.53. The Morgan fingerprint density at radius 3 is 2.60 bits per heavy atom. The molecule has 0 amide bonds. The average Bonchev–Trinajstić information content (AvgIpc) is 1.89. The highest BCUT2D eigenvalue weighted by Gasteiger charge is 2.10. The number of ether oxygens (including phenoxy) is 1. The van der Waals surface area contributed by atoms with Crippen molar-refractivity contribution in [3.8, 4) is 0 Å². The van der Waals surface area contributed by atoms with E-state index >= 15 is 0 Å². The highest BCUT2D eigenvalue weighted by molar-refractivity contribution is 6.22. The maximum Gasteiger partial charge on any atom is 0.300 e. The minimum Gasteiger partial charge on any atom is -0.466 e. The van der Waals surface area contributed by atoms with Crippen molar-refractivity contribution >= 4 is 13.8 Å². The van der Waals surface area contributed by atoms with Gasteiger partial charge in [0.25, 0.3) is 5.97 Å². The van der Waals surface area contributed by atoms with Gasteiger partial charge in [-0.25, -0.2) is 0 Å². The summed E-state index contributed by atoms with van der Waals surface area (Å²) in [6.07, 6.45) is 1.62. The fourth-order valence-electron chi connectivity index (χ4n) is 0.678. The maximum absolute atomic E-state index is 10.8. The van der Waals surface area contributed by atoms with Gasteiger partial charge < -0.3 is 4.74 Å². The van der Waals surface area contributed by atoms with Crippen LogP contribution in [-0.4, -0.2) is 20.4 Å². The van der Waals surface area contributed by atoms with Gasteiger partial charge in [-0.3, -0.25) is 4.79 Å². The molecule has 10 heavy (non-hydrogen) atoms. The van der Waals surface area contributed by atoms with Crippen LogP contribution in [0.1, 0.15) is 26.7 Å². The molecule has 0 N–H and O–H groups in total. The van der Waals surface area contributed by atoms with Crippen LogP contribution in [-0.2, 0) is 9.53 Å². The fourth-order valence-corrected chi connectivity index (χ4v) is 0.678. The molecule has 0 aliphatic carbocycles. The summed E-state index contributed by atoms with van der Waals surface area (Å²) >= 11 is 0. The van der Waals surface area contributed by atoms with E-state index in [0.717, 1.165) is 6.42 Å². The number of esters is 1. The SMILES string of the molecule is [B]C(CCC)C(=O)OCC. The van der Waals surface area contributed by atoms with Crippen LogP contribution in [0.3, 0.4) is 0 Å².